The van der Waals surface area contributed by atoms with Gasteiger partial charge in [0.25, 0.3) is 5.91 Å². The standard InChI is InChI=1S/C19H26N4O2/c1-5-23-15(3)18(14(2)20-23)19(24)22-12-10-21(11-13-22)16-8-6-7-9-17(16)25-4/h6-9H,5,10-13H2,1-4H3. The van der Waals surface area contributed by atoms with Crippen LogP contribution in [-0.2, 0) is 6.54 Å². The number of aryl methyl sites for hydroxylation is 2. The number of benzene rings is 1. The van der Waals surface area contributed by atoms with E-state index < -0.39 is 0 Å². The number of carbonyl (C=O) groups excluding carboxylic acids is 1. The third kappa shape index (κ3) is 3.21. The Labute approximate surface area is 149 Å². The minimum Gasteiger partial charge on any atom is -0.495 e. The van der Waals surface area contributed by atoms with E-state index in [1.165, 1.54) is 0 Å². The van der Waals surface area contributed by atoms with Gasteiger partial charge in [0.1, 0.15) is 5.75 Å². The Bertz CT molecular complexity index is 761. The number of hydrogen-bond acceptors (Lipinski definition) is 4. The highest BCUT2D eigenvalue weighted by Crippen LogP contribution is 2.28. The van der Waals surface area contributed by atoms with Crippen molar-refractivity contribution >= 4 is 11.6 Å². The molecule has 6 nitrogen and oxygen atoms in total. The molecule has 0 bridgehead atoms. The molecule has 1 saturated heterocycles. The maximum absolute atomic E-state index is 13.0. The Morgan fingerprint density at radius 3 is 2.44 bits per heavy atom. The Kier molecular flexibility index (Phi) is 4.97. The first-order valence-corrected chi connectivity index (χ1v) is 8.78. The van der Waals surface area contributed by atoms with Gasteiger partial charge < -0.3 is 14.5 Å². The fourth-order valence-corrected chi connectivity index (χ4v) is 3.51. The minimum atomic E-state index is 0.0920. The van der Waals surface area contributed by atoms with E-state index in [1.807, 2.05) is 48.6 Å². The summed E-state index contributed by atoms with van der Waals surface area (Å²) in [6, 6.07) is 8.02. The number of para-hydroxylation sites is 2. The van der Waals surface area contributed by atoms with Crippen LogP contribution in [0.5, 0.6) is 5.75 Å². The predicted octanol–water partition coefficient (Wildman–Crippen LogP) is 2.49. The van der Waals surface area contributed by atoms with Crippen LogP contribution in [0.4, 0.5) is 5.69 Å². The largest absolute Gasteiger partial charge is 0.495 e. The van der Waals surface area contributed by atoms with E-state index in [2.05, 4.69) is 16.1 Å². The number of amides is 1. The molecule has 0 saturated carbocycles. The van der Waals surface area contributed by atoms with Crippen LogP contribution in [0.3, 0.4) is 0 Å². The van der Waals surface area contributed by atoms with Crippen LogP contribution in [0.1, 0.15) is 28.7 Å². The quantitative estimate of drug-likeness (QED) is 0.857. The Hall–Kier alpha value is -2.50. The summed E-state index contributed by atoms with van der Waals surface area (Å²) >= 11 is 0. The second-order valence-corrected chi connectivity index (χ2v) is 6.31. The zero-order valence-electron chi connectivity index (χ0n) is 15.5. The topological polar surface area (TPSA) is 50.6 Å². The maximum Gasteiger partial charge on any atom is 0.257 e. The summed E-state index contributed by atoms with van der Waals surface area (Å²) in [6.45, 7) is 9.71. The van der Waals surface area contributed by atoms with Crippen LogP contribution in [-0.4, -0.2) is 53.9 Å². The summed E-state index contributed by atoms with van der Waals surface area (Å²) in [5.74, 6) is 0.965. The fourth-order valence-electron chi connectivity index (χ4n) is 3.51. The van der Waals surface area contributed by atoms with Gasteiger partial charge in [-0.15, -0.1) is 0 Å². The molecule has 1 aliphatic heterocycles. The molecule has 0 unspecified atom stereocenters. The van der Waals surface area contributed by atoms with Gasteiger partial charge in [-0.25, -0.2) is 0 Å². The van der Waals surface area contributed by atoms with E-state index in [1.54, 1.807) is 7.11 Å². The monoisotopic (exact) mass is 342 g/mol. The molecule has 0 aliphatic carbocycles. The van der Waals surface area contributed by atoms with E-state index in [9.17, 15) is 4.79 Å². The molecular formula is C19H26N4O2. The molecule has 1 aliphatic rings. The van der Waals surface area contributed by atoms with Crippen molar-refractivity contribution in [3.63, 3.8) is 0 Å². The average Bonchev–Trinajstić information content (AvgIpc) is 2.94. The molecule has 6 heteroatoms. The fraction of sp³-hybridized carbons (Fsp3) is 0.474. The number of aromatic nitrogens is 2. The highest BCUT2D eigenvalue weighted by molar-refractivity contribution is 5.96. The summed E-state index contributed by atoms with van der Waals surface area (Å²) < 4.78 is 7.35. The van der Waals surface area contributed by atoms with Gasteiger partial charge in [-0.2, -0.15) is 5.10 Å². The molecule has 134 valence electrons. The van der Waals surface area contributed by atoms with Gasteiger partial charge >= 0.3 is 0 Å². The molecule has 0 spiro atoms. The van der Waals surface area contributed by atoms with Crippen molar-refractivity contribution in [2.24, 2.45) is 0 Å². The van der Waals surface area contributed by atoms with Gasteiger partial charge in [-0.05, 0) is 32.9 Å². The highest BCUT2D eigenvalue weighted by Gasteiger charge is 2.27. The predicted molar refractivity (Wildman–Crippen MR) is 98.5 cm³/mol. The van der Waals surface area contributed by atoms with Crippen molar-refractivity contribution in [1.29, 1.82) is 0 Å². The zero-order chi connectivity index (χ0) is 18.0. The van der Waals surface area contributed by atoms with Crippen molar-refractivity contribution in [2.45, 2.75) is 27.3 Å². The van der Waals surface area contributed by atoms with Crippen molar-refractivity contribution in [3.8, 4) is 5.75 Å². The molecule has 0 radical (unpaired) electrons. The Morgan fingerprint density at radius 1 is 1.16 bits per heavy atom. The van der Waals surface area contributed by atoms with Crippen molar-refractivity contribution in [1.82, 2.24) is 14.7 Å². The van der Waals surface area contributed by atoms with E-state index in [4.69, 9.17) is 4.74 Å². The summed E-state index contributed by atoms with van der Waals surface area (Å²) in [5.41, 5.74) is 3.62. The van der Waals surface area contributed by atoms with Gasteiger partial charge in [0, 0.05) is 38.4 Å². The maximum atomic E-state index is 13.0. The number of carbonyl (C=O) groups is 1. The van der Waals surface area contributed by atoms with Crippen LogP contribution in [0.15, 0.2) is 24.3 Å². The molecule has 2 aromatic rings. The summed E-state index contributed by atoms with van der Waals surface area (Å²) in [4.78, 5) is 17.2. The average molecular weight is 342 g/mol. The van der Waals surface area contributed by atoms with Crippen molar-refractivity contribution in [2.75, 3.05) is 38.2 Å². The molecule has 1 aromatic carbocycles. The molecule has 0 atom stereocenters. The lowest BCUT2D eigenvalue weighted by Gasteiger charge is -2.36. The number of nitrogens with zero attached hydrogens (tertiary/aromatic N) is 4. The van der Waals surface area contributed by atoms with Crippen molar-refractivity contribution < 1.29 is 9.53 Å². The normalized spacial score (nSPS) is 14.7. The van der Waals surface area contributed by atoms with Gasteiger partial charge in [0.2, 0.25) is 0 Å². The number of piperazine rings is 1. The van der Waals surface area contributed by atoms with Gasteiger partial charge in [-0.3, -0.25) is 9.48 Å². The van der Waals surface area contributed by atoms with E-state index in [0.717, 1.165) is 48.0 Å². The molecule has 2 heterocycles. The van der Waals surface area contributed by atoms with Crippen LogP contribution in [0.2, 0.25) is 0 Å². The summed E-state index contributed by atoms with van der Waals surface area (Å²) in [7, 11) is 1.69. The molecule has 1 fully saturated rings. The van der Waals surface area contributed by atoms with Crippen LogP contribution in [0, 0.1) is 13.8 Å². The first-order valence-electron chi connectivity index (χ1n) is 8.78. The number of rotatable bonds is 4. The summed E-state index contributed by atoms with van der Waals surface area (Å²) in [6.07, 6.45) is 0. The van der Waals surface area contributed by atoms with E-state index in [-0.39, 0.29) is 5.91 Å². The third-order valence-corrected chi connectivity index (χ3v) is 4.89. The van der Waals surface area contributed by atoms with Gasteiger partial charge in [-0.1, -0.05) is 12.1 Å². The van der Waals surface area contributed by atoms with Crippen LogP contribution >= 0.6 is 0 Å². The van der Waals surface area contributed by atoms with Crippen LogP contribution < -0.4 is 9.64 Å². The Balaban J connectivity index is 1.72. The molecule has 3 rings (SSSR count). The SMILES string of the molecule is CCn1nc(C)c(C(=O)N2CCN(c3ccccc3OC)CC2)c1C. The Morgan fingerprint density at radius 2 is 1.84 bits per heavy atom. The number of methoxy groups -OCH3 is 1. The third-order valence-electron chi connectivity index (χ3n) is 4.89. The van der Waals surface area contributed by atoms with Gasteiger partial charge in [0.05, 0.1) is 24.1 Å². The summed E-state index contributed by atoms with van der Waals surface area (Å²) in [5, 5.41) is 4.47. The van der Waals surface area contributed by atoms with E-state index >= 15 is 0 Å². The molecule has 1 aromatic heterocycles. The molecule has 0 N–H and O–H groups in total. The second kappa shape index (κ2) is 7.17. The smallest absolute Gasteiger partial charge is 0.257 e. The zero-order valence-corrected chi connectivity index (χ0v) is 15.5. The number of hydrogen-bond donors (Lipinski definition) is 0. The van der Waals surface area contributed by atoms with Crippen LogP contribution in [0.25, 0.3) is 0 Å². The minimum absolute atomic E-state index is 0.0920. The first-order chi connectivity index (χ1) is 12.1. The second-order valence-electron chi connectivity index (χ2n) is 6.31. The number of anilines is 1. The molecule has 1 amide bonds. The lowest BCUT2D eigenvalue weighted by atomic mass is 10.1. The number of ether oxygens (including phenoxy) is 1. The van der Waals surface area contributed by atoms with E-state index in [0.29, 0.717) is 13.1 Å². The highest BCUT2D eigenvalue weighted by atomic mass is 16.5. The lowest BCUT2D eigenvalue weighted by molar-refractivity contribution is 0.0745. The van der Waals surface area contributed by atoms with Crippen molar-refractivity contribution in [3.05, 3.63) is 41.2 Å². The first kappa shape index (κ1) is 17.3. The molecular weight excluding hydrogens is 316 g/mol. The van der Waals surface area contributed by atoms with Gasteiger partial charge in [0.15, 0.2) is 0 Å². The molecule has 25 heavy (non-hydrogen) atoms. The lowest BCUT2D eigenvalue weighted by Crippen LogP contribution is -2.49.